The molecule has 122 valence electrons. The van der Waals surface area contributed by atoms with Crippen molar-refractivity contribution in [3.63, 3.8) is 0 Å². The maximum absolute atomic E-state index is 9.82. The fourth-order valence-electron chi connectivity index (χ4n) is 2.11. The van der Waals surface area contributed by atoms with E-state index in [1.165, 1.54) is 23.0 Å². The van der Waals surface area contributed by atoms with Gasteiger partial charge in [0, 0.05) is 17.2 Å². The molecule has 3 aromatic rings. The van der Waals surface area contributed by atoms with Crippen LogP contribution >= 0.6 is 12.2 Å². The van der Waals surface area contributed by atoms with Crippen LogP contribution in [0.2, 0.25) is 0 Å². The Bertz CT molecular complexity index is 962. The highest BCUT2D eigenvalue weighted by molar-refractivity contribution is 7.71. The molecule has 0 fully saturated rings. The van der Waals surface area contributed by atoms with Crippen molar-refractivity contribution in [1.82, 2.24) is 14.9 Å². The molecule has 0 saturated carbocycles. The number of aromatic amines is 1. The fourth-order valence-corrected chi connectivity index (χ4v) is 2.29. The van der Waals surface area contributed by atoms with Gasteiger partial charge in [-0.1, -0.05) is 12.1 Å². The predicted octanol–water partition coefficient (Wildman–Crippen LogP) is 2.91. The summed E-state index contributed by atoms with van der Waals surface area (Å²) in [6, 6.07) is 11.6. The Hall–Kier alpha value is -3.13. The monoisotopic (exact) mass is 342 g/mol. The van der Waals surface area contributed by atoms with E-state index in [9.17, 15) is 10.2 Å². The number of nitrogens with one attached hydrogen (secondary N) is 1. The summed E-state index contributed by atoms with van der Waals surface area (Å²) in [5.74, 6) is 1.08. The Morgan fingerprint density at radius 3 is 2.83 bits per heavy atom. The number of benzene rings is 2. The molecule has 2 aromatic carbocycles. The van der Waals surface area contributed by atoms with E-state index < -0.39 is 0 Å². The van der Waals surface area contributed by atoms with Gasteiger partial charge in [-0.2, -0.15) is 14.9 Å². The first-order valence-electron chi connectivity index (χ1n) is 6.96. The second-order valence-electron chi connectivity index (χ2n) is 4.88. The van der Waals surface area contributed by atoms with Crippen molar-refractivity contribution in [2.45, 2.75) is 0 Å². The van der Waals surface area contributed by atoms with Gasteiger partial charge in [0.05, 0.1) is 13.3 Å². The SMILES string of the molecule is COc1cccc(-c2n[nH]c(=S)n2/N=C/c2ccc(O)cc2O)c1. The van der Waals surface area contributed by atoms with Crippen LogP contribution in [0.5, 0.6) is 17.2 Å². The number of aromatic nitrogens is 3. The van der Waals surface area contributed by atoms with Crippen LogP contribution in [-0.2, 0) is 0 Å². The summed E-state index contributed by atoms with van der Waals surface area (Å²) >= 11 is 5.20. The molecule has 7 nitrogen and oxygen atoms in total. The standard InChI is InChI=1S/C16H14N4O3S/c1-23-13-4-2-3-10(7-13)15-18-19-16(24)20(15)17-9-11-5-6-12(21)8-14(11)22/h2-9,21-22H,1H3,(H,19,24)/b17-9+. The van der Waals surface area contributed by atoms with Gasteiger partial charge in [0.2, 0.25) is 4.77 Å². The summed E-state index contributed by atoms with van der Waals surface area (Å²) in [6.45, 7) is 0. The van der Waals surface area contributed by atoms with Crippen LogP contribution in [0.3, 0.4) is 0 Å². The van der Waals surface area contributed by atoms with Gasteiger partial charge in [-0.3, -0.25) is 0 Å². The molecule has 0 unspecified atom stereocenters. The number of phenols is 2. The van der Waals surface area contributed by atoms with Crippen molar-refractivity contribution >= 4 is 18.4 Å². The first kappa shape index (κ1) is 15.8. The Kier molecular flexibility index (Phi) is 4.30. The Morgan fingerprint density at radius 1 is 1.25 bits per heavy atom. The minimum absolute atomic E-state index is 0.0263. The second kappa shape index (κ2) is 6.55. The van der Waals surface area contributed by atoms with Crippen LogP contribution in [0.15, 0.2) is 47.6 Å². The minimum atomic E-state index is -0.0864. The molecule has 8 heteroatoms. The molecule has 0 aliphatic heterocycles. The van der Waals surface area contributed by atoms with E-state index in [1.807, 2.05) is 24.3 Å². The molecule has 3 rings (SSSR count). The lowest BCUT2D eigenvalue weighted by molar-refractivity contribution is 0.415. The molecule has 0 spiro atoms. The normalized spacial score (nSPS) is 11.0. The van der Waals surface area contributed by atoms with Crippen molar-refractivity contribution in [2.24, 2.45) is 5.10 Å². The fraction of sp³-hybridized carbons (Fsp3) is 0.0625. The molecular formula is C16H14N4O3S. The highest BCUT2D eigenvalue weighted by Crippen LogP contribution is 2.23. The molecule has 0 amide bonds. The van der Waals surface area contributed by atoms with Crippen molar-refractivity contribution in [3.05, 3.63) is 52.8 Å². The van der Waals surface area contributed by atoms with E-state index in [0.717, 1.165) is 5.56 Å². The number of phenolic OH excluding ortho intramolecular Hbond substituents is 2. The van der Waals surface area contributed by atoms with Crippen LogP contribution in [0.1, 0.15) is 5.56 Å². The van der Waals surface area contributed by atoms with Gasteiger partial charge in [0.1, 0.15) is 17.2 Å². The first-order chi connectivity index (χ1) is 11.6. The molecule has 0 aliphatic rings. The van der Waals surface area contributed by atoms with Gasteiger partial charge < -0.3 is 14.9 Å². The Balaban J connectivity index is 2.01. The number of methoxy groups -OCH3 is 1. The molecule has 0 saturated heterocycles. The summed E-state index contributed by atoms with van der Waals surface area (Å²) < 4.78 is 6.96. The molecular weight excluding hydrogens is 328 g/mol. The van der Waals surface area contributed by atoms with Gasteiger partial charge in [-0.05, 0) is 36.5 Å². The smallest absolute Gasteiger partial charge is 0.216 e. The summed E-state index contributed by atoms with van der Waals surface area (Å²) in [4.78, 5) is 0. The third-order valence-electron chi connectivity index (χ3n) is 3.30. The van der Waals surface area contributed by atoms with Gasteiger partial charge in [0.25, 0.3) is 0 Å². The average Bonchev–Trinajstić information content (AvgIpc) is 2.95. The highest BCUT2D eigenvalue weighted by Gasteiger charge is 2.09. The number of rotatable bonds is 4. The number of H-pyrrole nitrogens is 1. The molecule has 3 N–H and O–H groups in total. The van der Waals surface area contributed by atoms with Gasteiger partial charge >= 0.3 is 0 Å². The quantitative estimate of drug-likeness (QED) is 0.500. The third-order valence-corrected chi connectivity index (χ3v) is 3.57. The van der Waals surface area contributed by atoms with Crippen molar-refractivity contribution in [2.75, 3.05) is 7.11 Å². The molecule has 0 radical (unpaired) electrons. The third kappa shape index (κ3) is 3.13. The lowest BCUT2D eigenvalue weighted by Crippen LogP contribution is -1.95. The maximum Gasteiger partial charge on any atom is 0.216 e. The Labute approximate surface area is 142 Å². The van der Waals surface area contributed by atoms with Crippen LogP contribution in [0.4, 0.5) is 0 Å². The zero-order valence-electron chi connectivity index (χ0n) is 12.7. The molecule has 0 atom stereocenters. The highest BCUT2D eigenvalue weighted by atomic mass is 32.1. The average molecular weight is 342 g/mol. The van der Waals surface area contributed by atoms with Crippen LogP contribution in [0, 0.1) is 4.77 Å². The van der Waals surface area contributed by atoms with E-state index in [4.69, 9.17) is 17.0 Å². The van der Waals surface area contributed by atoms with Crippen molar-refractivity contribution in [3.8, 4) is 28.6 Å². The Morgan fingerprint density at radius 2 is 2.08 bits per heavy atom. The lowest BCUT2D eigenvalue weighted by atomic mass is 10.2. The number of hydrogen-bond acceptors (Lipinski definition) is 6. The van der Waals surface area contributed by atoms with Gasteiger partial charge in [-0.15, -0.1) is 0 Å². The van der Waals surface area contributed by atoms with Crippen LogP contribution in [0.25, 0.3) is 11.4 Å². The van der Waals surface area contributed by atoms with Crippen molar-refractivity contribution in [1.29, 1.82) is 0 Å². The molecule has 0 aliphatic carbocycles. The topological polar surface area (TPSA) is 95.7 Å². The zero-order valence-corrected chi connectivity index (χ0v) is 13.5. The molecule has 24 heavy (non-hydrogen) atoms. The van der Waals surface area contributed by atoms with Gasteiger partial charge in [0.15, 0.2) is 5.82 Å². The zero-order chi connectivity index (χ0) is 17.1. The summed E-state index contributed by atoms with van der Waals surface area (Å²) in [5.41, 5.74) is 1.21. The summed E-state index contributed by atoms with van der Waals surface area (Å²) in [7, 11) is 1.59. The first-order valence-corrected chi connectivity index (χ1v) is 7.37. The van der Waals surface area contributed by atoms with E-state index in [-0.39, 0.29) is 11.5 Å². The lowest BCUT2D eigenvalue weighted by Gasteiger charge is -2.04. The van der Waals surface area contributed by atoms with Crippen molar-refractivity contribution < 1.29 is 14.9 Å². The van der Waals surface area contributed by atoms with Gasteiger partial charge in [-0.25, -0.2) is 5.10 Å². The summed E-state index contributed by atoms with van der Waals surface area (Å²) in [5, 5.41) is 30.3. The van der Waals surface area contributed by atoms with E-state index in [0.29, 0.717) is 21.9 Å². The number of hydrogen-bond donors (Lipinski definition) is 3. The molecule has 1 heterocycles. The molecule has 1 aromatic heterocycles. The molecule has 0 bridgehead atoms. The number of nitrogens with zero attached hydrogens (tertiary/aromatic N) is 3. The largest absolute Gasteiger partial charge is 0.508 e. The second-order valence-corrected chi connectivity index (χ2v) is 5.27. The predicted molar refractivity (Wildman–Crippen MR) is 92.2 cm³/mol. The maximum atomic E-state index is 9.82. The van der Waals surface area contributed by atoms with E-state index in [2.05, 4.69) is 15.3 Å². The number of ether oxygens (including phenoxy) is 1. The minimum Gasteiger partial charge on any atom is -0.508 e. The number of aromatic hydroxyl groups is 2. The van der Waals surface area contributed by atoms with Crippen LogP contribution in [-0.4, -0.2) is 38.4 Å². The van der Waals surface area contributed by atoms with E-state index >= 15 is 0 Å². The summed E-state index contributed by atoms with van der Waals surface area (Å²) in [6.07, 6.45) is 1.43. The van der Waals surface area contributed by atoms with Crippen LogP contribution < -0.4 is 4.74 Å². The van der Waals surface area contributed by atoms with E-state index in [1.54, 1.807) is 13.2 Å².